The molecule has 0 atom stereocenters. The number of benzene rings is 1. The maximum absolute atomic E-state index is 4.64. The Labute approximate surface area is 119 Å². The van der Waals surface area contributed by atoms with E-state index in [1.54, 1.807) is 6.20 Å². The van der Waals surface area contributed by atoms with E-state index in [4.69, 9.17) is 0 Å². The molecule has 0 saturated carbocycles. The molecule has 0 amide bonds. The maximum Gasteiger partial charge on any atom is 0.0893 e. The fourth-order valence-electron chi connectivity index (χ4n) is 1.97. The van der Waals surface area contributed by atoms with Crippen LogP contribution in [-0.4, -0.2) is 9.97 Å². The standard InChI is InChI=1S/C15H12N2.Ir/c1-11-5-4-7-13-12(11)8-9-15(17-13)14-6-2-3-10-16-14;/h2-10H,1H3;. The molecule has 3 heteroatoms. The van der Waals surface area contributed by atoms with Crippen molar-refractivity contribution in [3.8, 4) is 11.4 Å². The molecule has 3 rings (SSSR count). The van der Waals surface area contributed by atoms with E-state index in [9.17, 15) is 0 Å². The summed E-state index contributed by atoms with van der Waals surface area (Å²) in [6.45, 7) is 2.10. The first kappa shape index (κ1) is 12.9. The van der Waals surface area contributed by atoms with Crippen molar-refractivity contribution in [3.05, 3.63) is 60.3 Å². The monoisotopic (exact) mass is 413 g/mol. The number of aryl methyl sites for hydroxylation is 1. The van der Waals surface area contributed by atoms with Gasteiger partial charge in [0.05, 0.1) is 16.9 Å². The van der Waals surface area contributed by atoms with Crippen LogP contribution in [0.4, 0.5) is 0 Å². The summed E-state index contributed by atoms with van der Waals surface area (Å²) in [7, 11) is 0. The van der Waals surface area contributed by atoms with Crippen LogP contribution in [0.2, 0.25) is 0 Å². The van der Waals surface area contributed by atoms with Crippen molar-refractivity contribution in [1.29, 1.82) is 0 Å². The van der Waals surface area contributed by atoms with E-state index in [-0.39, 0.29) is 20.1 Å². The van der Waals surface area contributed by atoms with E-state index in [0.29, 0.717) is 0 Å². The summed E-state index contributed by atoms with van der Waals surface area (Å²) in [6, 6.07) is 16.2. The molecule has 0 fully saturated rings. The van der Waals surface area contributed by atoms with Crippen molar-refractivity contribution in [2.75, 3.05) is 0 Å². The Morgan fingerprint density at radius 3 is 2.50 bits per heavy atom. The zero-order valence-electron chi connectivity index (χ0n) is 9.92. The predicted octanol–water partition coefficient (Wildman–Crippen LogP) is 3.60. The molecular weight excluding hydrogens is 400 g/mol. The Kier molecular flexibility index (Phi) is 3.85. The molecule has 0 N–H and O–H groups in total. The van der Waals surface area contributed by atoms with Gasteiger partial charge in [-0.05, 0) is 36.8 Å². The molecule has 1 aromatic carbocycles. The average molecular weight is 412 g/mol. The fraction of sp³-hybridized carbons (Fsp3) is 0.0667. The smallest absolute Gasteiger partial charge is 0.0893 e. The van der Waals surface area contributed by atoms with Crippen LogP contribution in [0.5, 0.6) is 0 Å². The third-order valence-corrected chi connectivity index (χ3v) is 2.88. The quantitative estimate of drug-likeness (QED) is 0.610. The molecule has 0 aliphatic carbocycles. The summed E-state index contributed by atoms with van der Waals surface area (Å²) in [6.07, 6.45) is 1.79. The number of fused-ring (bicyclic) bond motifs is 1. The Balaban J connectivity index is 0.00000120. The topological polar surface area (TPSA) is 25.8 Å². The van der Waals surface area contributed by atoms with Gasteiger partial charge in [-0.3, -0.25) is 4.98 Å². The molecule has 0 unspecified atom stereocenters. The molecule has 0 aliphatic heterocycles. The van der Waals surface area contributed by atoms with Gasteiger partial charge in [0.2, 0.25) is 0 Å². The summed E-state index contributed by atoms with van der Waals surface area (Å²) < 4.78 is 0. The second-order valence-electron chi connectivity index (χ2n) is 4.05. The zero-order valence-corrected chi connectivity index (χ0v) is 12.3. The molecule has 2 aromatic heterocycles. The van der Waals surface area contributed by atoms with E-state index in [1.165, 1.54) is 10.9 Å². The summed E-state index contributed by atoms with van der Waals surface area (Å²) in [5, 5.41) is 1.20. The molecule has 2 heterocycles. The molecule has 1 radical (unpaired) electrons. The Bertz CT molecular complexity index is 666. The summed E-state index contributed by atoms with van der Waals surface area (Å²) >= 11 is 0. The van der Waals surface area contributed by atoms with E-state index in [1.807, 2.05) is 36.4 Å². The van der Waals surface area contributed by atoms with Crippen LogP contribution < -0.4 is 0 Å². The number of hydrogen-bond acceptors (Lipinski definition) is 2. The van der Waals surface area contributed by atoms with Gasteiger partial charge in [0.15, 0.2) is 0 Å². The van der Waals surface area contributed by atoms with Gasteiger partial charge in [0, 0.05) is 31.7 Å². The summed E-state index contributed by atoms with van der Waals surface area (Å²) in [4.78, 5) is 8.96. The Morgan fingerprint density at radius 1 is 0.833 bits per heavy atom. The van der Waals surface area contributed by atoms with Gasteiger partial charge in [-0.25, -0.2) is 4.98 Å². The van der Waals surface area contributed by atoms with E-state index >= 15 is 0 Å². The predicted molar refractivity (Wildman–Crippen MR) is 69.7 cm³/mol. The molecule has 91 valence electrons. The van der Waals surface area contributed by atoms with Crippen LogP contribution in [0, 0.1) is 6.92 Å². The van der Waals surface area contributed by atoms with E-state index < -0.39 is 0 Å². The molecular formula is C15H12IrN2. The minimum atomic E-state index is 0. The van der Waals surface area contributed by atoms with Crippen molar-refractivity contribution >= 4 is 10.9 Å². The first-order valence-corrected chi connectivity index (χ1v) is 5.62. The van der Waals surface area contributed by atoms with Crippen molar-refractivity contribution in [2.24, 2.45) is 0 Å². The first-order chi connectivity index (χ1) is 8.34. The van der Waals surface area contributed by atoms with Crippen molar-refractivity contribution < 1.29 is 20.1 Å². The molecule has 18 heavy (non-hydrogen) atoms. The van der Waals surface area contributed by atoms with Crippen molar-refractivity contribution in [1.82, 2.24) is 9.97 Å². The third kappa shape index (κ3) is 2.33. The molecule has 0 saturated heterocycles. The van der Waals surface area contributed by atoms with Gasteiger partial charge in [0.1, 0.15) is 0 Å². The molecule has 0 spiro atoms. The van der Waals surface area contributed by atoms with Gasteiger partial charge in [-0.2, -0.15) is 0 Å². The second-order valence-corrected chi connectivity index (χ2v) is 4.05. The van der Waals surface area contributed by atoms with Crippen LogP contribution in [0.1, 0.15) is 5.56 Å². The van der Waals surface area contributed by atoms with Gasteiger partial charge >= 0.3 is 0 Å². The number of aromatic nitrogens is 2. The largest absolute Gasteiger partial charge is 0.255 e. The molecule has 3 aromatic rings. The normalized spacial score (nSPS) is 10.1. The molecule has 2 nitrogen and oxygen atoms in total. The number of rotatable bonds is 1. The number of pyridine rings is 2. The minimum Gasteiger partial charge on any atom is -0.255 e. The maximum atomic E-state index is 4.64. The number of hydrogen-bond donors (Lipinski definition) is 0. The zero-order chi connectivity index (χ0) is 11.7. The molecule has 0 bridgehead atoms. The van der Waals surface area contributed by atoms with Gasteiger partial charge < -0.3 is 0 Å². The average Bonchev–Trinajstić information content (AvgIpc) is 2.40. The van der Waals surface area contributed by atoms with Crippen molar-refractivity contribution in [3.63, 3.8) is 0 Å². The minimum absolute atomic E-state index is 0. The first-order valence-electron chi connectivity index (χ1n) is 5.62. The summed E-state index contributed by atoms with van der Waals surface area (Å²) in [5.41, 5.74) is 4.11. The Hall–Kier alpha value is -1.57. The molecule has 0 aliphatic rings. The van der Waals surface area contributed by atoms with Crippen molar-refractivity contribution in [2.45, 2.75) is 6.92 Å². The van der Waals surface area contributed by atoms with Crippen LogP contribution in [0.15, 0.2) is 54.7 Å². The fourth-order valence-corrected chi connectivity index (χ4v) is 1.97. The Morgan fingerprint density at radius 2 is 1.72 bits per heavy atom. The second kappa shape index (κ2) is 5.38. The van der Waals surface area contributed by atoms with Gasteiger partial charge in [-0.1, -0.05) is 24.3 Å². The third-order valence-electron chi connectivity index (χ3n) is 2.88. The van der Waals surface area contributed by atoms with Gasteiger partial charge in [0.25, 0.3) is 0 Å². The van der Waals surface area contributed by atoms with Crippen LogP contribution in [-0.2, 0) is 20.1 Å². The van der Waals surface area contributed by atoms with Crippen LogP contribution >= 0.6 is 0 Å². The SMILES string of the molecule is Cc1cccc2nc(-c3ccccn3)ccc12.[Ir]. The summed E-state index contributed by atoms with van der Waals surface area (Å²) in [5.74, 6) is 0. The van der Waals surface area contributed by atoms with E-state index in [2.05, 4.69) is 29.0 Å². The van der Waals surface area contributed by atoms with Gasteiger partial charge in [-0.15, -0.1) is 0 Å². The van der Waals surface area contributed by atoms with Crippen LogP contribution in [0.3, 0.4) is 0 Å². The number of nitrogens with zero attached hydrogens (tertiary/aromatic N) is 2. The van der Waals surface area contributed by atoms with Crippen LogP contribution in [0.25, 0.3) is 22.3 Å². The van der Waals surface area contributed by atoms with E-state index in [0.717, 1.165) is 16.9 Å².